The fraction of sp³-hybridized carbons (Fsp3) is 0.438. The summed E-state index contributed by atoms with van der Waals surface area (Å²) in [4.78, 5) is 33.9. The lowest BCUT2D eigenvalue weighted by Gasteiger charge is -2.15. The Morgan fingerprint density at radius 2 is 1.78 bits per heavy atom. The molecule has 7 heteroatoms. The SMILES string of the molecule is CCC(C)c1ccccc1OCC(=O)NNC(=O)CC(=O)OC. The van der Waals surface area contributed by atoms with Gasteiger partial charge in [-0.2, -0.15) is 0 Å². The number of ether oxygens (including phenoxy) is 2. The number of methoxy groups -OCH3 is 1. The zero-order valence-corrected chi connectivity index (χ0v) is 13.5. The fourth-order valence-electron chi connectivity index (χ4n) is 1.81. The Morgan fingerprint density at radius 1 is 1.13 bits per heavy atom. The van der Waals surface area contributed by atoms with Crippen molar-refractivity contribution in [3.8, 4) is 5.75 Å². The number of carbonyl (C=O) groups is 3. The third-order valence-electron chi connectivity index (χ3n) is 3.29. The average molecular weight is 322 g/mol. The monoisotopic (exact) mass is 322 g/mol. The lowest BCUT2D eigenvalue weighted by molar-refractivity contribution is -0.144. The molecule has 1 rings (SSSR count). The molecule has 0 fully saturated rings. The van der Waals surface area contributed by atoms with Crippen molar-refractivity contribution < 1.29 is 23.9 Å². The Bertz CT molecular complexity index is 559. The van der Waals surface area contributed by atoms with Gasteiger partial charge in [0.15, 0.2) is 6.61 Å². The predicted octanol–water partition coefficient (Wildman–Crippen LogP) is 1.29. The van der Waals surface area contributed by atoms with Crippen LogP contribution in [0.4, 0.5) is 0 Å². The van der Waals surface area contributed by atoms with Crippen LogP contribution in [0.25, 0.3) is 0 Å². The van der Waals surface area contributed by atoms with Crippen LogP contribution in [0, 0.1) is 0 Å². The van der Waals surface area contributed by atoms with Crippen molar-refractivity contribution in [3.63, 3.8) is 0 Å². The first-order valence-corrected chi connectivity index (χ1v) is 7.34. The third kappa shape index (κ3) is 6.37. The second-order valence-electron chi connectivity index (χ2n) is 4.99. The van der Waals surface area contributed by atoms with Crippen molar-refractivity contribution in [3.05, 3.63) is 29.8 Å². The Kier molecular flexibility index (Phi) is 7.59. The second kappa shape index (κ2) is 9.45. The molecule has 0 radical (unpaired) electrons. The zero-order valence-electron chi connectivity index (χ0n) is 13.5. The molecule has 1 aromatic rings. The maximum atomic E-state index is 11.7. The first-order valence-electron chi connectivity index (χ1n) is 7.34. The van der Waals surface area contributed by atoms with E-state index in [0.717, 1.165) is 12.0 Å². The first kappa shape index (κ1) is 18.5. The van der Waals surface area contributed by atoms with Gasteiger partial charge in [-0.15, -0.1) is 0 Å². The van der Waals surface area contributed by atoms with Gasteiger partial charge in [-0.05, 0) is 24.0 Å². The minimum absolute atomic E-state index is 0.244. The summed E-state index contributed by atoms with van der Waals surface area (Å²) in [7, 11) is 1.18. The Hall–Kier alpha value is -2.57. The van der Waals surface area contributed by atoms with E-state index in [2.05, 4.69) is 29.4 Å². The number of hydrogen-bond acceptors (Lipinski definition) is 5. The third-order valence-corrected chi connectivity index (χ3v) is 3.29. The van der Waals surface area contributed by atoms with Gasteiger partial charge in [0, 0.05) is 0 Å². The molecule has 0 spiro atoms. The van der Waals surface area contributed by atoms with Crippen molar-refractivity contribution >= 4 is 17.8 Å². The van der Waals surface area contributed by atoms with Crippen LogP contribution in [0.2, 0.25) is 0 Å². The van der Waals surface area contributed by atoms with Crippen LogP contribution in [-0.4, -0.2) is 31.5 Å². The molecule has 1 aromatic carbocycles. The standard InChI is InChI=1S/C16H22N2O5/c1-4-11(2)12-7-5-6-8-13(12)23-10-15(20)18-17-14(19)9-16(21)22-3/h5-8,11H,4,9-10H2,1-3H3,(H,17,19)(H,18,20). The number of esters is 1. The number of carbonyl (C=O) groups excluding carboxylic acids is 3. The Morgan fingerprint density at radius 3 is 2.43 bits per heavy atom. The highest BCUT2D eigenvalue weighted by molar-refractivity contribution is 5.95. The van der Waals surface area contributed by atoms with Crippen LogP contribution in [0.3, 0.4) is 0 Å². The van der Waals surface area contributed by atoms with Crippen molar-refractivity contribution in [2.75, 3.05) is 13.7 Å². The topological polar surface area (TPSA) is 93.7 Å². The van der Waals surface area contributed by atoms with Gasteiger partial charge < -0.3 is 9.47 Å². The summed E-state index contributed by atoms with van der Waals surface area (Å²) >= 11 is 0. The normalized spacial score (nSPS) is 11.3. The number of nitrogens with one attached hydrogen (secondary N) is 2. The summed E-state index contributed by atoms with van der Waals surface area (Å²) in [6.45, 7) is 3.91. The van der Waals surface area contributed by atoms with Crippen LogP contribution in [0.15, 0.2) is 24.3 Å². The summed E-state index contributed by atoms with van der Waals surface area (Å²) < 4.78 is 9.84. The Labute approximate surface area is 135 Å². The van der Waals surface area contributed by atoms with E-state index in [1.807, 2.05) is 18.2 Å². The van der Waals surface area contributed by atoms with Crippen LogP contribution in [-0.2, 0) is 19.1 Å². The lowest BCUT2D eigenvalue weighted by Crippen LogP contribution is -2.44. The van der Waals surface area contributed by atoms with Crippen LogP contribution < -0.4 is 15.6 Å². The van der Waals surface area contributed by atoms with Gasteiger partial charge in [-0.1, -0.05) is 32.0 Å². The molecule has 0 aliphatic heterocycles. The van der Waals surface area contributed by atoms with Gasteiger partial charge in [-0.3, -0.25) is 25.2 Å². The highest BCUT2D eigenvalue weighted by atomic mass is 16.5. The highest BCUT2D eigenvalue weighted by Crippen LogP contribution is 2.28. The van der Waals surface area contributed by atoms with E-state index in [-0.39, 0.29) is 6.61 Å². The van der Waals surface area contributed by atoms with Gasteiger partial charge in [0.1, 0.15) is 12.2 Å². The summed E-state index contributed by atoms with van der Waals surface area (Å²) in [5.74, 6) is -0.922. The minimum Gasteiger partial charge on any atom is -0.483 e. The quantitative estimate of drug-likeness (QED) is 0.448. The molecule has 0 heterocycles. The number of para-hydroxylation sites is 1. The lowest BCUT2D eigenvalue weighted by atomic mass is 9.98. The molecule has 0 saturated carbocycles. The first-order chi connectivity index (χ1) is 11.0. The van der Waals surface area contributed by atoms with Crippen molar-refractivity contribution in [2.45, 2.75) is 32.6 Å². The van der Waals surface area contributed by atoms with Crippen LogP contribution in [0.1, 0.15) is 38.2 Å². The van der Waals surface area contributed by atoms with E-state index in [0.29, 0.717) is 11.7 Å². The number of hydrogen-bond donors (Lipinski definition) is 2. The molecule has 0 aromatic heterocycles. The number of rotatable bonds is 7. The molecular weight excluding hydrogens is 300 g/mol. The van der Waals surface area contributed by atoms with E-state index >= 15 is 0 Å². The van der Waals surface area contributed by atoms with E-state index in [4.69, 9.17) is 4.74 Å². The van der Waals surface area contributed by atoms with E-state index < -0.39 is 24.2 Å². The summed E-state index contributed by atoms with van der Waals surface area (Å²) in [5.41, 5.74) is 5.31. The molecule has 0 aliphatic rings. The molecule has 23 heavy (non-hydrogen) atoms. The number of hydrazine groups is 1. The van der Waals surface area contributed by atoms with Crippen molar-refractivity contribution in [1.82, 2.24) is 10.9 Å². The van der Waals surface area contributed by atoms with Gasteiger partial charge in [0.25, 0.3) is 5.91 Å². The van der Waals surface area contributed by atoms with Gasteiger partial charge in [0.05, 0.1) is 7.11 Å². The molecule has 126 valence electrons. The highest BCUT2D eigenvalue weighted by Gasteiger charge is 2.13. The van der Waals surface area contributed by atoms with Crippen molar-refractivity contribution in [1.29, 1.82) is 0 Å². The second-order valence-corrected chi connectivity index (χ2v) is 4.99. The average Bonchev–Trinajstić information content (AvgIpc) is 2.57. The van der Waals surface area contributed by atoms with Crippen molar-refractivity contribution in [2.24, 2.45) is 0 Å². The van der Waals surface area contributed by atoms with Gasteiger partial charge in [-0.25, -0.2) is 0 Å². The molecule has 2 N–H and O–H groups in total. The molecule has 0 saturated heterocycles. The maximum Gasteiger partial charge on any atom is 0.315 e. The molecule has 1 unspecified atom stereocenters. The zero-order chi connectivity index (χ0) is 17.2. The summed E-state index contributed by atoms with van der Waals surface area (Å²) in [6, 6.07) is 7.50. The predicted molar refractivity (Wildman–Crippen MR) is 83.6 cm³/mol. The van der Waals surface area contributed by atoms with Crippen LogP contribution >= 0.6 is 0 Å². The Balaban J connectivity index is 2.45. The number of benzene rings is 1. The minimum atomic E-state index is -0.685. The fourth-order valence-corrected chi connectivity index (χ4v) is 1.81. The van der Waals surface area contributed by atoms with Gasteiger partial charge >= 0.3 is 5.97 Å². The maximum absolute atomic E-state index is 11.7. The van der Waals surface area contributed by atoms with E-state index in [1.54, 1.807) is 6.07 Å². The van der Waals surface area contributed by atoms with E-state index in [9.17, 15) is 14.4 Å². The molecule has 2 amide bonds. The molecule has 7 nitrogen and oxygen atoms in total. The summed E-state index contributed by atoms with van der Waals surface area (Å²) in [5, 5.41) is 0. The van der Waals surface area contributed by atoms with E-state index in [1.165, 1.54) is 7.11 Å². The molecule has 0 aliphatic carbocycles. The summed E-state index contributed by atoms with van der Waals surface area (Å²) in [6.07, 6.45) is 0.491. The molecular formula is C16H22N2O5. The number of amides is 2. The smallest absolute Gasteiger partial charge is 0.315 e. The molecule has 1 atom stereocenters. The largest absolute Gasteiger partial charge is 0.483 e. The van der Waals surface area contributed by atoms with Crippen LogP contribution in [0.5, 0.6) is 5.75 Å². The van der Waals surface area contributed by atoms with Gasteiger partial charge in [0.2, 0.25) is 5.91 Å². The molecule has 0 bridgehead atoms.